The first kappa shape index (κ1) is 21.9. The van der Waals surface area contributed by atoms with Crippen LogP contribution in [-0.2, 0) is 16.0 Å². The van der Waals surface area contributed by atoms with E-state index in [1.165, 1.54) is 18.2 Å². The van der Waals surface area contributed by atoms with Crippen LogP contribution >= 0.6 is 0 Å². The van der Waals surface area contributed by atoms with E-state index in [1.54, 1.807) is 38.2 Å². The Kier molecular flexibility index (Phi) is 5.78. The van der Waals surface area contributed by atoms with Gasteiger partial charge in [-0.05, 0) is 55.3 Å². The third-order valence-electron chi connectivity index (χ3n) is 5.49. The van der Waals surface area contributed by atoms with Crippen LogP contribution in [0, 0.1) is 13.8 Å². The number of carbonyl (C=O) groups excluding carboxylic acids is 1. The number of aromatic hydroxyl groups is 1. The number of rotatable bonds is 7. The lowest BCUT2D eigenvalue weighted by atomic mass is 10.0. The minimum Gasteiger partial charge on any atom is -0.508 e. The van der Waals surface area contributed by atoms with Gasteiger partial charge in [-0.15, -0.1) is 0 Å². The first-order chi connectivity index (χ1) is 15.7. The number of phenols is 1. The molecule has 0 fully saturated rings. The number of aryl methyl sites for hydroxylation is 2. The molecule has 1 atom stereocenters. The Hall–Kier alpha value is -4.27. The second-order valence-corrected chi connectivity index (χ2v) is 7.81. The van der Waals surface area contributed by atoms with Crippen molar-refractivity contribution >= 4 is 33.7 Å². The van der Waals surface area contributed by atoms with Gasteiger partial charge in [-0.25, -0.2) is 9.59 Å². The van der Waals surface area contributed by atoms with Gasteiger partial charge in [0.2, 0.25) is 0 Å². The van der Waals surface area contributed by atoms with E-state index in [9.17, 15) is 24.6 Å². The molecule has 4 rings (SSSR count). The highest BCUT2D eigenvalue weighted by atomic mass is 16.5. The fraction of sp³-hybridized carbons (Fsp3) is 0.208. The summed E-state index contributed by atoms with van der Waals surface area (Å²) >= 11 is 0. The molecular formula is C24H22N2O7. The minimum atomic E-state index is -1.20. The Bertz CT molecular complexity index is 1430. The minimum absolute atomic E-state index is 0.0178. The highest BCUT2D eigenvalue weighted by molar-refractivity contribution is 5.88. The van der Waals surface area contributed by atoms with E-state index in [2.05, 4.69) is 10.3 Å². The highest BCUT2D eigenvalue weighted by Gasteiger charge is 2.22. The van der Waals surface area contributed by atoms with Crippen LogP contribution in [0.15, 0.2) is 51.8 Å². The van der Waals surface area contributed by atoms with Gasteiger partial charge in [-0.1, -0.05) is 0 Å². The normalized spacial score (nSPS) is 12.1. The average Bonchev–Trinajstić information content (AvgIpc) is 3.15. The summed E-state index contributed by atoms with van der Waals surface area (Å²) in [5.41, 5.74) is 2.62. The first-order valence-electron chi connectivity index (χ1n) is 10.2. The number of carbonyl (C=O) groups is 2. The van der Waals surface area contributed by atoms with E-state index < -0.39 is 30.2 Å². The predicted octanol–water partition coefficient (Wildman–Crippen LogP) is 2.79. The summed E-state index contributed by atoms with van der Waals surface area (Å²) in [6.07, 6.45) is 1.67. The van der Waals surface area contributed by atoms with Gasteiger partial charge in [-0.3, -0.25) is 4.79 Å². The molecule has 9 heteroatoms. The molecule has 0 saturated heterocycles. The number of ether oxygens (including phenoxy) is 1. The van der Waals surface area contributed by atoms with E-state index in [1.807, 2.05) is 0 Å². The summed E-state index contributed by atoms with van der Waals surface area (Å²) < 4.78 is 10.9. The lowest BCUT2D eigenvalue weighted by molar-refractivity contribution is -0.142. The van der Waals surface area contributed by atoms with Gasteiger partial charge in [-0.2, -0.15) is 0 Å². The largest absolute Gasteiger partial charge is 0.508 e. The number of carboxylic acid groups (broad SMARTS) is 1. The number of fused-ring (bicyclic) bond motifs is 2. The van der Waals surface area contributed by atoms with Crippen molar-refractivity contribution in [2.24, 2.45) is 0 Å². The monoisotopic (exact) mass is 450 g/mol. The number of amides is 1. The quantitative estimate of drug-likeness (QED) is 0.317. The number of nitrogens with one attached hydrogen (secondary N) is 2. The third-order valence-corrected chi connectivity index (χ3v) is 5.49. The van der Waals surface area contributed by atoms with Crippen LogP contribution in [0.4, 0.5) is 0 Å². The molecule has 33 heavy (non-hydrogen) atoms. The van der Waals surface area contributed by atoms with Gasteiger partial charge in [0.15, 0.2) is 6.61 Å². The maximum absolute atomic E-state index is 12.4. The molecule has 170 valence electrons. The summed E-state index contributed by atoms with van der Waals surface area (Å²) in [6.45, 7) is 3.10. The number of aromatic amines is 1. The van der Waals surface area contributed by atoms with E-state index in [4.69, 9.17) is 9.15 Å². The molecule has 0 saturated carbocycles. The van der Waals surface area contributed by atoms with Crippen LogP contribution in [0.5, 0.6) is 11.5 Å². The molecule has 0 spiro atoms. The fourth-order valence-electron chi connectivity index (χ4n) is 3.79. The van der Waals surface area contributed by atoms with Crippen molar-refractivity contribution in [2.75, 3.05) is 6.61 Å². The smallest absolute Gasteiger partial charge is 0.336 e. The van der Waals surface area contributed by atoms with Gasteiger partial charge < -0.3 is 29.7 Å². The van der Waals surface area contributed by atoms with Crippen LogP contribution in [0.3, 0.4) is 0 Å². The molecule has 0 aliphatic rings. The molecule has 0 radical (unpaired) electrons. The van der Waals surface area contributed by atoms with Crippen molar-refractivity contribution in [1.29, 1.82) is 0 Å². The topological polar surface area (TPSA) is 142 Å². The average molecular weight is 450 g/mol. The van der Waals surface area contributed by atoms with Crippen LogP contribution < -0.4 is 15.7 Å². The summed E-state index contributed by atoms with van der Waals surface area (Å²) in [7, 11) is 0. The standard InChI is InChI=1S/C24H22N2O7/c1-12-7-22(29)33-23-13(2)20(6-4-16(12)23)32-11-21(28)26-19(24(30)31)8-14-10-25-18-5-3-15(27)9-17(14)18/h3-7,9-10,19,25,27H,8,11H2,1-2H3,(H,26,28)(H,30,31)/t19-/m1/s1. The summed E-state index contributed by atoms with van der Waals surface area (Å²) in [6, 6.07) is 8.36. The zero-order chi connectivity index (χ0) is 23.7. The highest BCUT2D eigenvalue weighted by Crippen LogP contribution is 2.28. The molecule has 0 aliphatic heterocycles. The molecule has 0 aliphatic carbocycles. The lowest BCUT2D eigenvalue weighted by Crippen LogP contribution is -2.44. The molecular weight excluding hydrogens is 428 g/mol. The van der Waals surface area contributed by atoms with Crippen molar-refractivity contribution in [3.8, 4) is 11.5 Å². The maximum atomic E-state index is 12.4. The number of carboxylic acids is 1. The second-order valence-electron chi connectivity index (χ2n) is 7.81. The van der Waals surface area contributed by atoms with Crippen molar-refractivity contribution in [3.05, 3.63) is 69.7 Å². The molecule has 4 N–H and O–H groups in total. The molecule has 9 nitrogen and oxygen atoms in total. The second kappa shape index (κ2) is 8.70. The fourth-order valence-corrected chi connectivity index (χ4v) is 3.79. The SMILES string of the molecule is Cc1cc(=O)oc2c(C)c(OCC(=O)N[C@H](Cc3c[nH]c4ccc(O)cc34)C(=O)O)ccc12. The summed E-state index contributed by atoms with van der Waals surface area (Å²) in [4.78, 5) is 38.9. The molecule has 2 aromatic carbocycles. The van der Waals surface area contributed by atoms with E-state index >= 15 is 0 Å². The van der Waals surface area contributed by atoms with Gasteiger partial charge in [0.1, 0.15) is 23.1 Å². The number of benzene rings is 2. The van der Waals surface area contributed by atoms with Crippen molar-refractivity contribution < 1.29 is 29.0 Å². The van der Waals surface area contributed by atoms with Crippen LogP contribution in [0.25, 0.3) is 21.9 Å². The first-order valence-corrected chi connectivity index (χ1v) is 10.2. The van der Waals surface area contributed by atoms with Gasteiger partial charge >= 0.3 is 11.6 Å². The number of aromatic nitrogens is 1. The van der Waals surface area contributed by atoms with Crippen LogP contribution in [0.2, 0.25) is 0 Å². The van der Waals surface area contributed by atoms with Crippen LogP contribution in [-0.4, -0.2) is 39.7 Å². The Morgan fingerprint density at radius 3 is 2.70 bits per heavy atom. The molecule has 0 bridgehead atoms. The zero-order valence-electron chi connectivity index (χ0n) is 18.0. The number of phenolic OH excluding ortho intramolecular Hbond substituents is 1. The summed E-state index contributed by atoms with van der Waals surface area (Å²) in [5, 5.41) is 23.2. The van der Waals surface area contributed by atoms with Crippen LogP contribution in [0.1, 0.15) is 16.7 Å². The third kappa shape index (κ3) is 4.52. The zero-order valence-corrected chi connectivity index (χ0v) is 18.0. The number of H-pyrrole nitrogens is 1. The van der Waals surface area contributed by atoms with Crippen molar-refractivity contribution in [2.45, 2.75) is 26.3 Å². The summed E-state index contributed by atoms with van der Waals surface area (Å²) in [5.74, 6) is -1.40. The number of aliphatic carboxylic acids is 1. The molecule has 4 aromatic rings. The number of hydrogen-bond donors (Lipinski definition) is 4. The van der Waals surface area contributed by atoms with Crippen molar-refractivity contribution in [1.82, 2.24) is 10.3 Å². The Morgan fingerprint density at radius 2 is 1.94 bits per heavy atom. The maximum Gasteiger partial charge on any atom is 0.336 e. The number of hydrogen-bond acceptors (Lipinski definition) is 6. The molecule has 1 amide bonds. The Labute approximate surface area is 187 Å². The lowest BCUT2D eigenvalue weighted by Gasteiger charge is -2.15. The Balaban J connectivity index is 1.46. The molecule has 2 heterocycles. The van der Waals surface area contributed by atoms with Gasteiger partial charge in [0.05, 0.1) is 0 Å². The molecule has 2 aromatic heterocycles. The Morgan fingerprint density at radius 1 is 1.15 bits per heavy atom. The van der Waals surface area contributed by atoms with E-state index in [0.29, 0.717) is 27.8 Å². The van der Waals surface area contributed by atoms with Gasteiger partial charge in [0, 0.05) is 40.5 Å². The van der Waals surface area contributed by atoms with E-state index in [-0.39, 0.29) is 12.2 Å². The van der Waals surface area contributed by atoms with E-state index in [0.717, 1.165) is 16.5 Å². The van der Waals surface area contributed by atoms with Gasteiger partial charge in [0.25, 0.3) is 5.91 Å². The van der Waals surface area contributed by atoms with Crippen molar-refractivity contribution in [3.63, 3.8) is 0 Å². The predicted molar refractivity (Wildman–Crippen MR) is 121 cm³/mol. The molecule has 0 unspecified atom stereocenters.